The molecule has 2 fully saturated rings. The van der Waals surface area contributed by atoms with Crippen molar-refractivity contribution in [2.24, 2.45) is 10.9 Å². The number of nitrogens with one attached hydrogen (secondary N) is 2. The molecule has 1 aromatic carbocycles. The molecule has 0 bridgehead atoms. The predicted octanol–water partition coefficient (Wildman–Crippen LogP) is 3.61. The Bertz CT molecular complexity index is 712. The number of aryl methyl sites for hydroxylation is 1. The third kappa shape index (κ3) is 8.42. The molecule has 0 spiro atoms. The second-order valence-corrected chi connectivity index (χ2v) is 8.76. The van der Waals surface area contributed by atoms with Gasteiger partial charge >= 0.3 is 6.09 Å². The van der Waals surface area contributed by atoms with Gasteiger partial charge in [0.25, 0.3) is 0 Å². The van der Waals surface area contributed by atoms with Crippen molar-refractivity contribution in [3.05, 3.63) is 35.4 Å². The van der Waals surface area contributed by atoms with Gasteiger partial charge in [0.2, 0.25) is 0 Å². The van der Waals surface area contributed by atoms with Gasteiger partial charge in [-0.25, -0.2) is 4.79 Å². The lowest BCUT2D eigenvalue weighted by atomic mass is 9.96. The lowest BCUT2D eigenvalue weighted by Gasteiger charge is -2.34. The largest absolute Gasteiger partial charge is 0.450 e. The topological polar surface area (TPSA) is 69.2 Å². The number of piperidine rings is 2. The zero-order valence-electron chi connectivity index (χ0n) is 19.8. The molecule has 8 heteroatoms. The molecule has 180 valence electrons. The minimum absolute atomic E-state index is 0. The van der Waals surface area contributed by atoms with Crippen LogP contribution in [0.4, 0.5) is 4.79 Å². The molecule has 1 amide bonds. The van der Waals surface area contributed by atoms with Gasteiger partial charge in [-0.2, -0.15) is 0 Å². The maximum Gasteiger partial charge on any atom is 0.409 e. The first-order valence-corrected chi connectivity index (χ1v) is 11.7. The fourth-order valence-electron chi connectivity index (χ4n) is 4.35. The van der Waals surface area contributed by atoms with E-state index in [1.165, 1.54) is 24.0 Å². The van der Waals surface area contributed by atoms with Crippen LogP contribution in [0, 0.1) is 12.8 Å². The van der Waals surface area contributed by atoms with Gasteiger partial charge in [-0.05, 0) is 64.1 Å². The molecular weight excluding hydrogens is 517 g/mol. The molecule has 32 heavy (non-hydrogen) atoms. The molecule has 0 atom stereocenters. The van der Waals surface area contributed by atoms with Crippen LogP contribution in [0.3, 0.4) is 0 Å². The summed E-state index contributed by atoms with van der Waals surface area (Å²) in [5, 5.41) is 7.06. The molecule has 0 radical (unpaired) electrons. The van der Waals surface area contributed by atoms with Gasteiger partial charge < -0.3 is 20.3 Å². The van der Waals surface area contributed by atoms with Crippen LogP contribution in [0.25, 0.3) is 0 Å². The minimum Gasteiger partial charge on any atom is -0.450 e. The zero-order chi connectivity index (χ0) is 22.1. The van der Waals surface area contributed by atoms with Crippen molar-refractivity contribution in [1.82, 2.24) is 20.4 Å². The summed E-state index contributed by atoms with van der Waals surface area (Å²) in [6, 6.07) is 9.23. The third-order valence-electron chi connectivity index (χ3n) is 6.38. The summed E-state index contributed by atoms with van der Waals surface area (Å²) in [6.45, 7) is 10.2. The van der Waals surface area contributed by atoms with Crippen LogP contribution in [0.2, 0.25) is 0 Å². The van der Waals surface area contributed by atoms with Crippen molar-refractivity contribution in [3.8, 4) is 0 Å². The number of ether oxygens (including phenoxy) is 1. The summed E-state index contributed by atoms with van der Waals surface area (Å²) >= 11 is 0. The van der Waals surface area contributed by atoms with E-state index in [2.05, 4.69) is 51.7 Å². The van der Waals surface area contributed by atoms with Gasteiger partial charge in [0.15, 0.2) is 5.96 Å². The van der Waals surface area contributed by atoms with Gasteiger partial charge in [-0.15, -0.1) is 24.0 Å². The highest BCUT2D eigenvalue weighted by Crippen LogP contribution is 2.19. The van der Waals surface area contributed by atoms with E-state index < -0.39 is 0 Å². The van der Waals surface area contributed by atoms with E-state index in [-0.39, 0.29) is 30.1 Å². The number of rotatable bonds is 6. The van der Waals surface area contributed by atoms with E-state index in [1.807, 2.05) is 14.0 Å². The maximum atomic E-state index is 11.8. The number of benzene rings is 1. The summed E-state index contributed by atoms with van der Waals surface area (Å²) in [4.78, 5) is 20.6. The summed E-state index contributed by atoms with van der Waals surface area (Å²) in [7, 11) is 1.83. The zero-order valence-corrected chi connectivity index (χ0v) is 22.1. The molecular formula is C24H40IN5O2. The van der Waals surface area contributed by atoms with Crippen LogP contribution in [-0.2, 0) is 11.3 Å². The third-order valence-corrected chi connectivity index (χ3v) is 6.38. The fraction of sp³-hybridized carbons (Fsp3) is 0.667. The van der Waals surface area contributed by atoms with Gasteiger partial charge in [-0.3, -0.25) is 9.89 Å². The SMILES string of the molecule is CCOC(=O)N1CCC(NC(=NC)NCC2CCN(Cc3ccc(C)cc3)CC2)CC1.I. The maximum absolute atomic E-state index is 11.8. The summed E-state index contributed by atoms with van der Waals surface area (Å²) in [5.41, 5.74) is 2.72. The second-order valence-electron chi connectivity index (χ2n) is 8.76. The first-order chi connectivity index (χ1) is 15.1. The molecule has 0 aromatic heterocycles. The number of carbonyl (C=O) groups is 1. The van der Waals surface area contributed by atoms with Crippen molar-refractivity contribution >= 4 is 36.0 Å². The van der Waals surface area contributed by atoms with Crippen molar-refractivity contribution in [3.63, 3.8) is 0 Å². The molecule has 0 saturated carbocycles. The van der Waals surface area contributed by atoms with Crippen molar-refractivity contribution in [1.29, 1.82) is 0 Å². The monoisotopic (exact) mass is 557 g/mol. The van der Waals surface area contributed by atoms with Gasteiger partial charge in [-0.1, -0.05) is 29.8 Å². The Labute approximate surface area is 210 Å². The van der Waals surface area contributed by atoms with Gasteiger partial charge in [0.05, 0.1) is 6.61 Å². The number of halogens is 1. The van der Waals surface area contributed by atoms with Crippen LogP contribution < -0.4 is 10.6 Å². The van der Waals surface area contributed by atoms with Crippen LogP contribution in [0.15, 0.2) is 29.3 Å². The Morgan fingerprint density at radius 3 is 2.34 bits per heavy atom. The molecule has 0 aliphatic carbocycles. The summed E-state index contributed by atoms with van der Waals surface area (Å²) < 4.78 is 5.10. The predicted molar refractivity (Wildman–Crippen MR) is 141 cm³/mol. The Hall–Kier alpha value is -1.55. The highest BCUT2D eigenvalue weighted by atomic mass is 127. The normalized spacial score (nSPS) is 18.7. The molecule has 2 aliphatic heterocycles. The number of hydrogen-bond donors (Lipinski definition) is 2. The smallest absolute Gasteiger partial charge is 0.409 e. The molecule has 2 saturated heterocycles. The first kappa shape index (κ1) is 26.7. The lowest BCUT2D eigenvalue weighted by Crippen LogP contribution is -2.50. The van der Waals surface area contributed by atoms with Crippen LogP contribution in [0.1, 0.15) is 43.7 Å². The lowest BCUT2D eigenvalue weighted by molar-refractivity contribution is 0.0963. The average Bonchev–Trinajstić information content (AvgIpc) is 2.79. The van der Waals surface area contributed by atoms with E-state index in [0.717, 1.165) is 58.1 Å². The molecule has 3 rings (SSSR count). The van der Waals surface area contributed by atoms with Crippen molar-refractivity contribution in [2.75, 3.05) is 46.4 Å². The molecule has 1 aromatic rings. The number of carbonyl (C=O) groups excluding carboxylic acids is 1. The standard InChI is InChI=1S/C24H39N5O2.HI/c1-4-31-24(30)29-15-11-22(12-16-29)27-23(25-3)26-17-20-9-13-28(14-10-20)18-21-7-5-19(2)6-8-21;/h5-8,20,22H,4,9-18H2,1-3H3,(H2,25,26,27);1H. The number of aliphatic imine (C=N–C) groups is 1. The quantitative estimate of drug-likeness (QED) is 0.318. The number of nitrogens with zero attached hydrogens (tertiary/aromatic N) is 3. The van der Waals surface area contributed by atoms with Crippen LogP contribution in [-0.4, -0.2) is 74.3 Å². The highest BCUT2D eigenvalue weighted by molar-refractivity contribution is 14.0. The molecule has 2 N–H and O–H groups in total. The highest BCUT2D eigenvalue weighted by Gasteiger charge is 2.24. The van der Waals surface area contributed by atoms with Gasteiger partial charge in [0.1, 0.15) is 0 Å². The number of likely N-dealkylation sites (tertiary alicyclic amines) is 2. The Balaban J connectivity index is 0.00000363. The number of amides is 1. The fourth-order valence-corrected chi connectivity index (χ4v) is 4.35. The van der Waals surface area contributed by atoms with E-state index in [0.29, 0.717) is 18.6 Å². The van der Waals surface area contributed by atoms with E-state index in [9.17, 15) is 4.79 Å². The molecule has 0 unspecified atom stereocenters. The number of hydrogen-bond acceptors (Lipinski definition) is 4. The molecule has 2 aliphatic rings. The average molecular weight is 558 g/mol. The van der Waals surface area contributed by atoms with Crippen molar-refractivity contribution < 1.29 is 9.53 Å². The molecule has 2 heterocycles. The van der Waals surface area contributed by atoms with E-state index in [1.54, 1.807) is 4.90 Å². The second kappa shape index (κ2) is 13.9. The Morgan fingerprint density at radius 2 is 1.75 bits per heavy atom. The van der Waals surface area contributed by atoms with Crippen molar-refractivity contribution in [2.45, 2.75) is 52.1 Å². The van der Waals surface area contributed by atoms with E-state index >= 15 is 0 Å². The van der Waals surface area contributed by atoms with E-state index in [4.69, 9.17) is 4.74 Å². The Kier molecular flexibility index (Phi) is 11.6. The van der Waals surface area contributed by atoms with Crippen LogP contribution in [0.5, 0.6) is 0 Å². The first-order valence-electron chi connectivity index (χ1n) is 11.7. The Morgan fingerprint density at radius 1 is 1.09 bits per heavy atom. The minimum atomic E-state index is -0.197. The summed E-state index contributed by atoms with van der Waals surface area (Å²) in [6.07, 6.45) is 4.06. The molecule has 7 nitrogen and oxygen atoms in total. The summed E-state index contributed by atoms with van der Waals surface area (Å²) in [5.74, 6) is 1.55. The van der Waals surface area contributed by atoms with Crippen LogP contribution >= 0.6 is 24.0 Å². The number of guanidine groups is 1. The van der Waals surface area contributed by atoms with Gasteiger partial charge in [0, 0.05) is 39.3 Å².